The highest BCUT2D eigenvalue weighted by Crippen LogP contribution is 2.57. The molecular weight excluding hydrogens is 352 g/mol. The van der Waals surface area contributed by atoms with Crippen LogP contribution in [-0.2, 0) is 14.2 Å². The van der Waals surface area contributed by atoms with Crippen LogP contribution in [0.4, 0.5) is 0 Å². The van der Waals surface area contributed by atoms with E-state index in [2.05, 4.69) is 33.8 Å². The summed E-state index contributed by atoms with van der Waals surface area (Å²) in [6.07, 6.45) is 5.01. The minimum absolute atomic E-state index is 0.0263. The zero-order valence-corrected chi connectivity index (χ0v) is 18.6. The summed E-state index contributed by atoms with van der Waals surface area (Å²) >= 11 is 0. The Morgan fingerprint density at radius 3 is 2.57 bits per heavy atom. The summed E-state index contributed by atoms with van der Waals surface area (Å²) in [6, 6.07) is 0. The van der Waals surface area contributed by atoms with E-state index in [-0.39, 0.29) is 12.2 Å². The maximum Gasteiger partial charge on any atom is 0.164 e. The second-order valence-electron chi connectivity index (χ2n) is 10.5. The van der Waals surface area contributed by atoms with Crippen molar-refractivity contribution in [3.05, 3.63) is 22.8 Å². The maximum absolute atomic E-state index is 11.3. The lowest BCUT2D eigenvalue weighted by Gasteiger charge is -2.40. The molecule has 4 nitrogen and oxygen atoms in total. The molecule has 0 bridgehead atoms. The van der Waals surface area contributed by atoms with Gasteiger partial charge in [0.1, 0.15) is 6.10 Å². The van der Waals surface area contributed by atoms with Gasteiger partial charge in [0.25, 0.3) is 0 Å². The van der Waals surface area contributed by atoms with Gasteiger partial charge in [0.2, 0.25) is 0 Å². The molecule has 4 aliphatic rings. The molecule has 0 unspecified atom stereocenters. The van der Waals surface area contributed by atoms with Crippen molar-refractivity contribution in [2.24, 2.45) is 29.1 Å². The average molecular weight is 391 g/mol. The van der Waals surface area contributed by atoms with E-state index in [0.717, 1.165) is 25.9 Å². The number of hydrogen-bond donors (Lipinski definition) is 1. The van der Waals surface area contributed by atoms with Crippen molar-refractivity contribution in [1.82, 2.24) is 0 Å². The molecule has 1 N–H and O–H groups in total. The number of aliphatic hydroxyl groups is 1. The molecule has 158 valence electrons. The fraction of sp³-hybridized carbons (Fsp3) is 0.833. The lowest BCUT2D eigenvalue weighted by atomic mass is 9.68. The van der Waals surface area contributed by atoms with Gasteiger partial charge in [-0.3, -0.25) is 0 Å². The van der Waals surface area contributed by atoms with Crippen LogP contribution in [0.2, 0.25) is 0 Å². The minimum Gasteiger partial charge on any atom is -0.392 e. The summed E-state index contributed by atoms with van der Waals surface area (Å²) in [4.78, 5) is 0. The van der Waals surface area contributed by atoms with Crippen molar-refractivity contribution in [2.45, 2.75) is 84.9 Å². The highest BCUT2D eigenvalue weighted by atomic mass is 16.8. The van der Waals surface area contributed by atoms with E-state index in [1.165, 1.54) is 16.7 Å². The summed E-state index contributed by atoms with van der Waals surface area (Å²) in [6.45, 7) is 13.8. The number of ether oxygens (including phenoxy) is 3. The lowest BCUT2D eigenvalue weighted by molar-refractivity contribution is -0.149. The van der Waals surface area contributed by atoms with Crippen LogP contribution in [0.3, 0.4) is 0 Å². The molecule has 0 radical (unpaired) electrons. The summed E-state index contributed by atoms with van der Waals surface area (Å²) in [5.41, 5.74) is 3.72. The van der Waals surface area contributed by atoms with Crippen molar-refractivity contribution >= 4 is 0 Å². The largest absolute Gasteiger partial charge is 0.392 e. The monoisotopic (exact) mass is 390 g/mol. The highest BCUT2D eigenvalue weighted by molar-refractivity contribution is 5.43. The average Bonchev–Trinajstić information content (AvgIpc) is 3.21. The SMILES string of the molecule is COC[C@H]1CC[C@@H]2/C1=C\[C@]1(C)C(=C(C(C)C)C[C@H]1O)[C@H]1OC(C)(C)O[C@@H]1[C@@H]2C. The van der Waals surface area contributed by atoms with Gasteiger partial charge in [-0.05, 0) is 63.4 Å². The van der Waals surface area contributed by atoms with E-state index in [1.54, 1.807) is 7.11 Å². The molecule has 1 saturated heterocycles. The number of methoxy groups -OCH3 is 1. The highest BCUT2D eigenvalue weighted by Gasteiger charge is 2.57. The molecule has 0 aromatic rings. The molecule has 4 rings (SSSR count). The Kier molecular flexibility index (Phi) is 5.10. The van der Waals surface area contributed by atoms with Crippen LogP contribution in [0, 0.1) is 29.1 Å². The zero-order chi connectivity index (χ0) is 20.4. The first-order chi connectivity index (χ1) is 13.1. The summed E-state index contributed by atoms with van der Waals surface area (Å²) < 4.78 is 18.6. The van der Waals surface area contributed by atoms with E-state index in [4.69, 9.17) is 14.2 Å². The van der Waals surface area contributed by atoms with Gasteiger partial charge in [-0.25, -0.2) is 0 Å². The van der Waals surface area contributed by atoms with E-state index >= 15 is 0 Å². The molecule has 0 spiro atoms. The second kappa shape index (κ2) is 6.94. The third-order valence-corrected chi connectivity index (χ3v) is 7.86. The van der Waals surface area contributed by atoms with Crippen molar-refractivity contribution in [3.8, 4) is 0 Å². The van der Waals surface area contributed by atoms with Gasteiger partial charge in [0.15, 0.2) is 5.79 Å². The Morgan fingerprint density at radius 1 is 1.21 bits per heavy atom. The van der Waals surface area contributed by atoms with Gasteiger partial charge < -0.3 is 19.3 Å². The van der Waals surface area contributed by atoms with Crippen LogP contribution in [0.15, 0.2) is 22.8 Å². The fourth-order valence-corrected chi connectivity index (χ4v) is 6.43. The van der Waals surface area contributed by atoms with Gasteiger partial charge in [-0.1, -0.05) is 38.0 Å². The zero-order valence-electron chi connectivity index (χ0n) is 18.6. The lowest BCUT2D eigenvalue weighted by Crippen LogP contribution is -2.43. The molecule has 0 aromatic heterocycles. The fourth-order valence-electron chi connectivity index (χ4n) is 6.43. The molecule has 1 aliphatic heterocycles. The molecule has 7 atom stereocenters. The van der Waals surface area contributed by atoms with E-state index < -0.39 is 17.3 Å². The Bertz CT molecular complexity index is 691. The Morgan fingerprint density at radius 2 is 1.93 bits per heavy atom. The molecule has 0 aromatic carbocycles. The van der Waals surface area contributed by atoms with Gasteiger partial charge in [-0.15, -0.1) is 0 Å². The molecule has 0 amide bonds. The van der Waals surface area contributed by atoms with Gasteiger partial charge in [-0.2, -0.15) is 0 Å². The number of hydrogen-bond acceptors (Lipinski definition) is 4. The van der Waals surface area contributed by atoms with Crippen LogP contribution in [0.1, 0.15) is 60.8 Å². The maximum atomic E-state index is 11.3. The van der Waals surface area contributed by atoms with Gasteiger partial charge in [0.05, 0.1) is 18.8 Å². The van der Waals surface area contributed by atoms with E-state index in [9.17, 15) is 5.11 Å². The first kappa shape index (κ1) is 20.6. The molecule has 1 heterocycles. The number of aliphatic hydroxyl groups excluding tert-OH is 1. The molecule has 3 aliphatic carbocycles. The summed E-state index contributed by atoms with van der Waals surface area (Å²) in [7, 11) is 1.79. The number of rotatable bonds is 3. The normalized spacial score (nSPS) is 46.7. The van der Waals surface area contributed by atoms with Crippen LogP contribution < -0.4 is 0 Å². The number of fused-ring (bicyclic) bond motifs is 4. The summed E-state index contributed by atoms with van der Waals surface area (Å²) in [5.74, 6) is 1.09. The predicted octanol–water partition coefficient (Wildman–Crippen LogP) is 4.48. The molecule has 28 heavy (non-hydrogen) atoms. The Hall–Kier alpha value is -0.680. The molecule has 1 saturated carbocycles. The van der Waals surface area contributed by atoms with Crippen LogP contribution in [0.5, 0.6) is 0 Å². The first-order valence-corrected chi connectivity index (χ1v) is 11.1. The molecular formula is C24H38O4. The predicted molar refractivity (Wildman–Crippen MR) is 110 cm³/mol. The van der Waals surface area contributed by atoms with Crippen molar-refractivity contribution in [3.63, 3.8) is 0 Å². The van der Waals surface area contributed by atoms with Crippen molar-refractivity contribution < 1.29 is 19.3 Å². The second-order valence-corrected chi connectivity index (χ2v) is 10.5. The topological polar surface area (TPSA) is 47.9 Å². The molecule has 2 fully saturated rings. The first-order valence-electron chi connectivity index (χ1n) is 11.1. The Labute approximate surface area is 170 Å². The third-order valence-electron chi connectivity index (χ3n) is 7.86. The van der Waals surface area contributed by atoms with Crippen LogP contribution in [-0.4, -0.2) is 42.9 Å². The van der Waals surface area contributed by atoms with Crippen LogP contribution >= 0.6 is 0 Å². The third kappa shape index (κ3) is 3.03. The standard InChI is InChI=1S/C24H38O4/c1-13(2)17-10-19(25)24(6)11-18-15(12-26-7)8-9-16(18)14(3)21-22(20(17)24)28-23(4,5)27-21/h11,13-16,19,21-22,25H,8-10,12H2,1-7H3/b18-11-/t14-,15-,16+,19-,21-,22-,24+/m1/s1. The van der Waals surface area contributed by atoms with E-state index in [1.807, 2.05) is 13.8 Å². The summed E-state index contributed by atoms with van der Waals surface area (Å²) in [5, 5.41) is 11.3. The van der Waals surface area contributed by atoms with Crippen molar-refractivity contribution in [2.75, 3.05) is 13.7 Å². The Balaban J connectivity index is 1.91. The smallest absolute Gasteiger partial charge is 0.164 e. The quantitative estimate of drug-likeness (QED) is 0.722. The van der Waals surface area contributed by atoms with Crippen LogP contribution in [0.25, 0.3) is 0 Å². The van der Waals surface area contributed by atoms with E-state index in [0.29, 0.717) is 23.7 Å². The van der Waals surface area contributed by atoms with Gasteiger partial charge >= 0.3 is 0 Å². The molecule has 4 heteroatoms. The minimum atomic E-state index is -0.595. The van der Waals surface area contributed by atoms with Gasteiger partial charge in [0, 0.05) is 18.4 Å². The van der Waals surface area contributed by atoms with Crippen molar-refractivity contribution in [1.29, 1.82) is 0 Å².